The highest BCUT2D eigenvalue weighted by atomic mass is 16.5. The molecule has 0 heterocycles. The van der Waals surface area contributed by atoms with Crippen molar-refractivity contribution in [1.29, 1.82) is 5.26 Å². The Morgan fingerprint density at radius 2 is 1.92 bits per heavy atom. The van der Waals surface area contributed by atoms with Gasteiger partial charge in [0.15, 0.2) is 18.1 Å². The molecule has 1 N–H and O–H groups in total. The molecule has 0 radical (unpaired) electrons. The molecule has 0 aliphatic heterocycles. The molecule has 0 aromatic heterocycles. The average molecular weight is 323 g/mol. The fourth-order valence-corrected chi connectivity index (χ4v) is 2.11. The largest absolute Gasteiger partial charge is 0.490 e. The van der Waals surface area contributed by atoms with Crippen LogP contribution < -0.4 is 9.47 Å². The summed E-state index contributed by atoms with van der Waals surface area (Å²) in [4.78, 5) is 10.6. The maximum Gasteiger partial charge on any atom is 0.341 e. The van der Waals surface area contributed by atoms with E-state index in [4.69, 9.17) is 14.6 Å². The van der Waals surface area contributed by atoms with E-state index >= 15 is 0 Å². The van der Waals surface area contributed by atoms with Gasteiger partial charge in [-0.05, 0) is 36.3 Å². The Balaban J connectivity index is 2.33. The van der Waals surface area contributed by atoms with Crippen LogP contribution in [0.15, 0.2) is 48.5 Å². The number of hydrogen-bond donors (Lipinski definition) is 1. The minimum atomic E-state index is -1.06. The molecular formula is C19H17NO4. The van der Waals surface area contributed by atoms with Crippen molar-refractivity contribution < 1.29 is 19.4 Å². The van der Waals surface area contributed by atoms with E-state index in [9.17, 15) is 10.1 Å². The Morgan fingerprint density at radius 1 is 1.17 bits per heavy atom. The molecule has 0 bridgehead atoms. The van der Waals surface area contributed by atoms with Gasteiger partial charge in [-0.1, -0.05) is 36.4 Å². The van der Waals surface area contributed by atoms with Gasteiger partial charge in [0, 0.05) is 0 Å². The Bertz CT molecular complexity index is 776. The second-order valence-electron chi connectivity index (χ2n) is 4.86. The van der Waals surface area contributed by atoms with Crippen molar-refractivity contribution in [3.63, 3.8) is 0 Å². The van der Waals surface area contributed by atoms with Gasteiger partial charge in [-0.3, -0.25) is 0 Å². The molecule has 0 fully saturated rings. The number of nitriles is 1. The van der Waals surface area contributed by atoms with Gasteiger partial charge in [0.1, 0.15) is 0 Å². The number of hydrogen-bond acceptors (Lipinski definition) is 4. The van der Waals surface area contributed by atoms with Crippen LogP contribution in [0.3, 0.4) is 0 Å². The Kier molecular flexibility index (Phi) is 5.98. The highest BCUT2D eigenvalue weighted by Gasteiger charge is 2.09. The number of nitrogens with zero attached hydrogens (tertiary/aromatic N) is 1. The van der Waals surface area contributed by atoms with Crippen molar-refractivity contribution in [1.82, 2.24) is 0 Å². The first-order valence-corrected chi connectivity index (χ1v) is 7.42. The molecule has 24 heavy (non-hydrogen) atoms. The molecule has 2 aromatic rings. The van der Waals surface area contributed by atoms with Crippen molar-refractivity contribution in [3.05, 3.63) is 59.7 Å². The van der Waals surface area contributed by atoms with Crippen LogP contribution in [-0.4, -0.2) is 24.3 Å². The minimum Gasteiger partial charge on any atom is -0.490 e. The summed E-state index contributed by atoms with van der Waals surface area (Å²) in [6.45, 7) is 1.80. The van der Waals surface area contributed by atoms with Crippen LogP contribution in [-0.2, 0) is 4.79 Å². The van der Waals surface area contributed by atoms with Gasteiger partial charge in [0.25, 0.3) is 0 Å². The predicted octanol–water partition coefficient (Wildman–Crippen LogP) is 3.61. The lowest BCUT2D eigenvalue weighted by Gasteiger charge is -2.11. The lowest BCUT2D eigenvalue weighted by Crippen LogP contribution is -2.10. The van der Waals surface area contributed by atoms with Crippen LogP contribution >= 0.6 is 0 Å². The third-order valence-electron chi connectivity index (χ3n) is 3.14. The van der Waals surface area contributed by atoms with Gasteiger partial charge in [-0.15, -0.1) is 0 Å². The first kappa shape index (κ1) is 17.1. The normalized spacial score (nSPS) is 10.8. The number of carboxylic acids is 1. The molecule has 0 spiro atoms. The molecule has 122 valence electrons. The van der Waals surface area contributed by atoms with E-state index in [0.29, 0.717) is 23.7 Å². The smallest absolute Gasteiger partial charge is 0.341 e. The van der Waals surface area contributed by atoms with E-state index in [-0.39, 0.29) is 0 Å². The molecular weight excluding hydrogens is 306 g/mol. The summed E-state index contributed by atoms with van der Waals surface area (Å²) in [5.74, 6) is -0.260. The molecule has 0 saturated heterocycles. The molecule has 0 saturated carbocycles. The average Bonchev–Trinajstić information content (AvgIpc) is 2.60. The van der Waals surface area contributed by atoms with Crippen molar-refractivity contribution in [3.8, 4) is 17.6 Å². The van der Waals surface area contributed by atoms with Crippen LogP contribution in [0, 0.1) is 11.3 Å². The Morgan fingerprint density at radius 3 is 2.54 bits per heavy atom. The van der Waals surface area contributed by atoms with E-state index in [1.54, 1.807) is 24.3 Å². The van der Waals surface area contributed by atoms with E-state index in [0.717, 1.165) is 11.1 Å². The van der Waals surface area contributed by atoms with Crippen LogP contribution in [0.5, 0.6) is 11.5 Å². The summed E-state index contributed by atoms with van der Waals surface area (Å²) < 4.78 is 10.7. The Hall–Kier alpha value is -3.26. The van der Waals surface area contributed by atoms with Crippen LogP contribution in [0.2, 0.25) is 0 Å². The number of ether oxygens (including phenoxy) is 2. The second-order valence-corrected chi connectivity index (χ2v) is 4.86. The van der Waals surface area contributed by atoms with Crippen molar-refractivity contribution in [2.75, 3.05) is 13.2 Å². The molecule has 5 heteroatoms. The van der Waals surface area contributed by atoms with Gasteiger partial charge >= 0.3 is 5.97 Å². The standard InChI is InChI=1S/C19H17NO4/c1-2-23-18-11-14(8-9-17(18)24-13-19(21)22)10-16(12-20)15-6-4-3-5-7-15/h3-11H,2,13H2,1H3,(H,21,22)/b16-10-. The molecule has 0 amide bonds. The fourth-order valence-electron chi connectivity index (χ4n) is 2.11. The SMILES string of the molecule is CCOc1cc(/C=C(/C#N)c2ccccc2)ccc1OCC(=O)O. The molecule has 2 aromatic carbocycles. The molecule has 0 atom stereocenters. The van der Waals surface area contributed by atoms with Gasteiger partial charge in [-0.25, -0.2) is 4.79 Å². The summed E-state index contributed by atoms with van der Waals surface area (Å²) in [5.41, 5.74) is 2.11. The zero-order valence-corrected chi connectivity index (χ0v) is 13.2. The zero-order chi connectivity index (χ0) is 17.4. The lowest BCUT2D eigenvalue weighted by molar-refractivity contribution is -0.139. The molecule has 5 nitrogen and oxygen atoms in total. The van der Waals surface area contributed by atoms with E-state index < -0.39 is 12.6 Å². The molecule has 0 unspecified atom stereocenters. The maximum atomic E-state index is 10.6. The summed E-state index contributed by atoms with van der Waals surface area (Å²) in [6.07, 6.45) is 1.75. The van der Waals surface area contributed by atoms with Gasteiger partial charge < -0.3 is 14.6 Å². The molecule has 0 aliphatic carbocycles. The fraction of sp³-hybridized carbons (Fsp3) is 0.158. The quantitative estimate of drug-likeness (QED) is 0.622. The summed E-state index contributed by atoms with van der Waals surface area (Å²) in [6, 6.07) is 16.7. The number of benzene rings is 2. The van der Waals surface area contributed by atoms with Gasteiger partial charge in [0.2, 0.25) is 0 Å². The third-order valence-corrected chi connectivity index (χ3v) is 3.14. The van der Waals surface area contributed by atoms with E-state index in [2.05, 4.69) is 6.07 Å². The first-order valence-electron chi connectivity index (χ1n) is 7.42. The molecule has 2 rings (SSSR count). The van der Waals surface area contributed by atoms with E-state index in [1.165, 1.54) is 0 Å². The number of carbonyl (C=O) groups is 1. The van der Waals surface area contributed by atoms with Crippen molar-refractivity contribution in [2.45, 2.75) is 6.92 Å². The first-order chi connectivity index (χ1) is 11.6. The van der Waals surface area contributed by atoms with Gasteiger partial charge in [0.05, 0.1) is 18.2 Å². The number of rotatable bonds is 7. The maximum absolute atomic E-state index is 10.6. The number of aliphatic carboxylic acids is 1. The monoisotopic (exact) mass is 323 g/mol. The lowest BCUT2D eigenvalue weighted by atomic mass is 10.0. The number of allylic oxidation sites excluding steroid dienone is 1. The zero-order valence-electron chi connectivity index (χ0n) is 13.2. The van der Waals surface area contributed by atoms with Crippen molar-refractivity contribution in [2.24, 2.45) is 0 Å². The summed E-state index contributed by atoms with van der Waals surface area (Å²) in [5, 5.41) is 18.1. The van der Waals surface area contributed by atoms with Gasteiger partial charge in [-0.2, -0.15) is 5.26 Å². The third kappa shape index (κ3) is 4.62. The highest BCUT2D eigenvalue weighted by Crippen LogP contribution is 2.30. The summed E-state index contributed by atoms with van der Waals surface area (Å²) in [7, 11) is 0. The number of carboxylic acid groups (broad SMARTS) is 1. The second kappa shape index (κ2) is 8.39. The van der Waals surface area contributed by atoms with Crippen LogP contribution in [0.1, 0.15) is 18.1 Å². The van der Waals surface area contributed by atoms with E-state index in [1.807, 2.05) is 37.3 Å². The Labute approximate surface area is 140 Å². The highest BCUT2D eigenvalue weighted by molar-refractivity contribution is 5.89. The van der Waals surface area contributed by atoms with Crippen LogP contribution in [0.4, 0.5) is 0 Å². The summed E-state index contributed by atoms with van der Waals surface area (Å²) >= 11 is 0. The minimum absolute atomic E-state index is 0.356. The van der Waals surface area contributed by atoms with Crippen molar-refractivity contribution >= 4 is 17.6 Å². The predicted molar refractivity (Wildman–Crippen MR) is 90.7 cm³/mol. The topological polar surface area (TPSA) is 79.5 Å². The van der Waals surface area contributed by atoms with Crippen LogP contribution in [0.25, 0.3) is 11.6 Å². The molecule has 0 aliphatic rings.